The molecule has 0 saturated carbocycles. The summed E-state index contributed by atoms with van der Waals surface area (Å²) < 4.78 is 37.4. The zero-order valence-corrected chi connectivity index (χ0v) is 13.9. The van der Waals surface area contributed by atoms with Crippen molar-refractivity contribution in [3.8, 4) is 0 Å². The largest absolute Gasteiger partial charge is 0.416 e. The molecule has 0 unspecified atom stereocenters. The first-order valence-electron chi connectivity index (χ1n) is 8.64. The van der Waals surface area contributed by atoms with E-state index in [-0.39, 0.29) is 11.5 Å². The maximum absolute atomic E-state index is 12.5. The van der Waals surface area contributed by atoms with Crippen molar-refractivity contribution in [3.63, 3.8) is 0 Å². The van der Waals surface area contributed by atoms with Gasteiger partial charge in [0.2, 0.25) is 0 Å². The van der Waals surface area contributed by atoms with Crippen LogP contribution in [0, 0.1) is 0 Å². The van der Waals surface area contributed by atoms with Gasteiger partial charge < -0.3 is 10.2 Å². The average molecular weight is 342 g/mol. The molecular weight excluding hydrogens is 317 g/mol. The maximum Gasteiger partial charge on any atom is 0.416 e. The lowest BCUT2D eigenvalue weighted by Gasteiger charge is -2.26. The Bertz CT molecular complexity index is 508. The van der Waals surface area contributed by atoms with E-state index in [1.807, 2.05) is 0 Å². The van der Waals surface area contributed by atoms with Crippen LogP contribution in [0.2, 0.25) is 0 Å². The molecule has 0 radical (unpaired) electrons. The molecule has 1 heterocycles. The highest BCUT2D eigenvalue weighted by molar-refractivity contribution is 5.94. The second-order valence-corrected chi connectivity index (χ2v) is 6.29. The highest BCUT2D eigenvalue weighted by Crippen LogP contribution is 2.29. The summed E-state index contributed by atoms with van der Waals surface area (Å²) in [6, 6.07) is 4.31. The molecule has 1 fully saturated rings. The van der Waals surface area contributed by atoms with Crippen molar-refractivity contribution in [2.45, 2.75) is 44.7 Å². The maximum atomic E-state index is 12.5. The summed E-state index contributed by atoms with van der Waals surface area (Å²) in [7, 11) is 0. The van der Waals surface area contributed by atoms with Crippen molar-refractivity contribution in [1.29, 1.82) is 0 Å². The minimum Gasteiger partial charge on any atom is -0.352 e. The zero-order valence-electron chi connectivity index (χ0n) is 13.9. The molecular formula is C18H25F3N2O. The summed E-state index contributed by atoms with van der Waals surface area (Å²) in [6.45, 7) is 4.07. The number of piperidine rings is 1. The van der Waals surface area contributed by atoms with Crippen LogP contribution in [-0.4, -0.2) is 37.0 Å². The third-order valence-corrected chi connectivity index (χ3v) is 4.36. The van der Waals surface area contributed by atoms with Gasteiger partial charge in [-0.05, 0) is 69.6 Å². The van der Waals surface area contributed by atoms with E-state index in [0.717, 1.165) is 37.9 Å². The molecule has 0 atom stereocenters. The quantitative estimate of drug-likeness (QED) is 0.757. The first-order valence-corrected chi connectivity index (χ1v) is 8.64. The molecule has 1 aliphatic rings. The second-order valence-electron chi connectivity index (χ2n) is 6.29. The summed E-state index contributed by atoms with van der Waals surface area (Å²) in [6.07, 6.45) is 2.61. The summed E-state index contributed by atoms with van der Waals surface area (Å²) in [5.74, 6) is -0.320. The van der Waals surface area contributed by atoms with Crippen LogP contribution >= 0.6 is 0 Å². The average Bonchev–Trinajstić information content (AvgIpc) is 2.58. The summed E-state index contributed by atoms with van der Waals surface area (Å²) in [5, 5.41) is 2.76. The Balaban J connectivity index is 1.60. The van der Waals surface area contributed by atoms with E-state index in [2.05, 4.69) is 10.2 Å². The molecule has 24 heavy (non-hydrogen) atoms. The Hall–Kier alpha value is -1.56. The van der Waals surface area contributed by atoms with Crippen molar-refractivity contribution in [2.75, 3.05) is 26.2 Å². The Morgan fingerprint density at radius 1 is 1.00 bits per heavy atom. The van der Waals surface area contributed by atoms with Gasteiger partial charge in [-0.2, -0.15) is 13.2 Å². The van der Waals surface area contributed by atoms with Gasteiger partial charge in [-0.3, -0.25) is 4.79 Å². The molecule has 1 saturated heterocycles. The van der Waals surface area contributed by atoms with Crippen molar-refractivity contribution in [1.82, 2.24) is 10.2 Å². The minimum absolute atomic E-state index is 0.260. The SMILES string of the molecule is O=C(NCCCCCN1CCCCC1)c1ccc(C(F)(F)F)cc1. The Morgan fingerprint density at radius 3 is 2.29 bits per heavy atom. The number of carbonyl (C=O) groups is 1. The molecule has 0 aromatic heterocycles. The van der Waals surface area contributed by atoms with Gasteiger partial charge in [0.15, 0.2) is 0 Å². The molecule has 1 aromatic carbocycles. The van der Waals surface area contributed by atoms with Crippen LogP contribution in [0.1, 0.15) is 54.4 Å². The van der Waals surface area contributed by atoms with E-state index in [1.54, 1.807) is 0 Å². The van der Waals surface area contributed by atoms with Gasteiger partial charge in [0, 0.05) is 12.1 Å². The molecule has 1 aliphatic heterocycles. The summed E-state index contributed by atoms with van der Waals surface area (Å²) >= 11 is 0. The number of halogens is 3. The van der Waals surface area contributed by atoms with Crippen LogP contribution in [-0.2, 0) is 6.18 Å². The van der Waals surface area contributed by atoms with Crippen molar-refractivity contribution < 1.29 is 18.0 Å². The fraction of sp³-hybridized carbons (Fsp3) is 0.611. The van der Waals surface area contributed by atoms with E-state index >= 15 is 0 Å². The molecule has 0 spiro atoms. The van der Waals surface area contributed by atoms with Gasteiger partial charge in [-0.25, -0.2) is 0 Å². The number of likely N-dealkylation sites (tertiary alicyclic amines) is 1. The number of amides is 1. The van der Waals surface area contributed by atoms with E-state index < -0.39 is 11.7 Å². The lowest BCUT2D eigenvalue weighted by molar-refractivity contribution is -0.137. The van der Waals surface area contributed by atoms with Gasteiger partial charge in [0.1, 0.15) is 0 Å². The van der Waals surface area contributed by atoms with Gasteiger partial charge in [-0.1, -0.05) is 12.8 Å². The Kier molecular flexibility index (Phi) is 7.09. The predicted octanol–water partition coefficient (Wildman–Crippen LogP) is 4.09. The molecule has 0 bridgehead atoms. The number of hydrogen-bond donors (Lipinski definition) is 1. The van der Waals surface area contributed by atoms with Crippen LogP contribution in [0.5, 0.6) is 0 Å². The highest BCUT2D eigenvalue weighted by Gasteiger charge is 2.30. The van der Waals surface area contributed by atoms with Crippen molar-refractivity contribution in [2.24, 2.45) is 0 Å². The van der Waals surface area contributed by atoms with Gasteiger partial charge in [0.05, 0.1) is 5.56 Å². The lowest BCUT2D eigenvalue weighted by atomic mass is 10.1. The number of benzene rings is 1. The number of alkyl halides is 3. The third kappa shape index (κ3) is 6.15. The molecule has 1 amide bonds. The van der Waals surface area contributed by atoms with E-state index in [0.29, 0.717) is 6.54 Å². The monoisotopic (exact) mass is 342 g/mol. The fourth-order valence-electron chi connectivity index (χ4n) is 2.93. The van der Waals surface area contributed by atoms with Crippen molar-refractivity contribution in [3.05, 3.63) is 35.4 Å². The third-order valence-electron chi connectivity index (χ3n) is 4.36. The van der Waals surface area contributed by atoms with Crippen LogP contribution in [0.4, 0.5) is 13.2 Å². The number of nitrogens with zero attached hydrogens (tertiary/aromatic N) is 1. The predicted molar refractivity (Wildman–Crippen MR) is 87.9 cm³/mol. The number of unbranched alkanes of at least 4 members (excludes halogenated alkanes) is 2. The van der Waals surface area contributed by atoms with Crippen LogP contribution < -0.4 is 5.32 Å². The topological polar surface area (TPSA) is 32.3 Å². The Labute approximate surface area is 141 Å². The van der Waals surface area contributed by atoms with E-state index in [1.165, 1.54) is 44.5 Å². The molecule has 1 aromatic rings. The fourth-order valence-corrected chi connectivity index (χ4v) is 2.93. The van der Waals surface area contributed by atoms with Gasteiger partial charge in [0.25, 0.3) is 5.91 Å². The first-order chi connectivity index (χ1) is 11.5. The Morgan fingerprint density at radius 2 is 1.67 bits per heavy atom. The molecule has 6 heteroatoms. The molecule has 3 nitrogen and oxygen atoms in total. The molecule has 134 valence electrons. The second kappa shape index (κ2) is 9.06. The van der Waals surface area contributed by atoms with Gasteiger partial charge in [-0.15, -0.1) is 0 Å². The molecule has 2 rings (SSSR count). The number of nitrogens with one attached hydrogen (secondary N) is 1. The zero-order chi connectivity index (χ0) is 17.4. The smallest absolute Gasteiger partial charge is 0.352 e. The van der Waals surface area contributed by atoms with E-state index in [4.69, 9.17) is 0 Å². The molecule has 0 aliphatic carbocycles. The normalized spacial score (nSPS) is 16.1. The first kappa shape index (κ1) is 18.8. The van der Waals surface area contributed by atoms with Crippen LogP contribution in [0.15, 0.2) is 24.3 Å². The summed E-state index contributed by atoms with van der Waals surface area (Å²) in [5.41, 5.74) is -0.479. The standard InChI is InChI=1S/C18H25F3N2O/c19-18(20,21)16-9-7-15(8-10-16)17(24)22-11-3-1-4-12-23-13-5-2-6-14-23/h7-10H,1-6,11-14H2,(H,22,24). The minimum atomic E-state index is -4.37. The number of hydrogen-bond acceptors (Lipinski definition) is 2. The highest BCUT2D eigenvalue weighted by atomic mass is 19.4. The van der Waals surface area contributed by atoms with Crippen molar-refractivity contribution >= 4 is 5.91 Å². The van der Waals surface area contributed by atoms with E-state index in [9.17, 15) is 18.0 Å². The number of carbonyl (C=O) groups excluding carboxylic acids is 1. The molecule has 1 N–H and O–H groups in total. The van der Waals surface area contributed by atoms with Crippen LogP contribution in [0.3, 0.4) is 0 Å². The number of rotatable bonds is 7. The summed E-state index contributed by atoms with van der Waals surface area (Å²) in [4.78, 5) is 14.4. The van der Waals surface area contributed by atoms with Gasteiger partial charge >= 0.3 is 6.18 Å². The lowest BCUT2D eigenvalue weighted by Crippen LogP contribution is -2.30. The van der Waals surface area contributed by atoms with Crippen LogP contribution in [0.25, 0.3) is 0 Å².